The van der Waals surface area contributed by atoms with Crippen molar-refractivity contribution in [3.05, 3.63) is 0 Å². The molecule has 0 aliphatic heterocycles. The molecule has 0 atom stereocenters. The number of aliphatic carboxylic acids is 1. The molecule has 3 heteroatoms. The summed E-state index contributed by atoms with van der Waals surface area (Å²) < 4.78 is 0. The van der Waals surface area contributed by atoms with Gasteiger partial charge >= 0.3 is 0 Å². The Kier molecular flexibility index (Phi) is 2.48. The van der Waals surface area contributed by atoms with Crippen molar-refractivity contribution in [2.45, 2.75) is 25.7 Å². The van der Waals surface area contributed by atoms with E-state index >= 15 is 0 Å². The molecule has 1 aliphatic rings. The SMILES string of the molecule is N#CC1CCC(C(=O)[O-])CC1. The van der Waals surface area contributed by atoms with E-state index in [1.807, 2.05) is 0 Å². The molecule has 0 saturated heterocycles. The number of carboxylic acids is 1. The molecule has 0 heterocycles. The summed E-state index contributed by atoms with van der Waals surface area (Å²) >= 11 is 0. The Morgan fingerprint density at radius 2 is 1.91 bits per heavy atom. The van der Waals surface area contributed by atoms with Crippen molar-refractivity contribution in [2.75, 3.05) is 0 Å². The number of carboxylic acid groups (broad SMARTS) is 1. The number of nitriles is 1. The number of hydrogen-bond acceptors (Lipinski definition) is 3. The van der Waals surface area contributed by atoms with Gasteiger partial charge in [-0.2, -0.15) is 5.26 Å². The van der Waals surface area contributed by atoms with Crippen molar-refractivity contribution < 1.29 is 9.90 Å². The Balaban J connectivity index is 2.37. The predicted molar refractivity (Wildman–Crippen MR) is 36.1 cm³/mol. The topological polar surface area (TPSA) is 63.9 Å². The molecular formula is C8H10NO2-. The Hall–Kier alpha value is -1.04. The second-order valence-electron chi connectivity index (χ2n) is 3.00. The van der Waals surface area contributed by atoms with Crippen molar-refractivity contribution in [3.63, 3.8) is 0 Å². The monoisotopic (exact) mass is 152 g/mol. The Bertz CT molecular complexity index is 187. The van der Waals surface area contributed by atoms with Crippen LogP contribution in [0.1, 0.15) is 25.7 Å². The van der Waals surface area contributed by atoms with Crippen molar-refractivity contribution >= 4 is 5.97 Å². The van der Waals surface area contributed by atoms with E-state index in [4.69, 9.17) is 5.26 Å². The molecular weight excluding hydrogens is 142 g/mol. The third-order valence-electron chi connectivity index (χ3n) is 2.24. The van der Waals surface area contributed by atoms with E-state index in [1.54, 1.807) is 0 Å². The largest absolute Gasteiger partial charge is 0.550 e. The highest BCUT2D eigenvalue weighted by Gasteiger charge is 2.20. The van der Waals surface area contributed by atoms with Gasteiger partial charge in [0.1, 0.15) is 0 Å². The number of hydrogen-bond donors (Lipinski definition) is 0. The summed E-state index contributed by atoms with van der Waals surface area (Å²) in [6, 6.07) is 2.15. The lowest BCUT2D eigenvalue weighted by molar-refractivity contribution is -0.312. The molecule has 0 spiro atoms. The number of nitrogens with zero attached hydrogens (tertiary/aromatic N) is 1. The van der Waals surface area contributed by atoms with Crippen LogP contribution in [-0.2, 0) is 4.79 Å². The predicted octanol–water partition coefficient (Wildman–Crippen LogP) is 0.0663. The molecule has 0 unspecified atom stereocenters. The van der Waals surface area contributed by atoms with E-state index in [0.29, 0.717) is 12.8 Å². The van der Waals surface area contributed by atoms with Crippen molar-refractivity contribution in [3.8, 4) is 6.07 Å². The van der Waals surface area contributed by atoms with Crippen molar-refractivity contribution in [2.24, 2.45) is 11.8 Å². The van der Waals surface area contributed by atoms with E-state index in [2.05, 4.69) is 6.07 Å². The highest BCUT2D eigenvalue weighted by atomic mass is 16.4. The summed E-state index contributed by atoms with van der Waals surface area (Å²) in [5, 5.41) is 18.9. The first kappa shape index (κ1) is 8.06. The molecule has 0 aromatic heterocycles. The van der Waals surface area contributed by atoms with Crippen LogP contribution in [0.2, 0.25) is 0 Å². The smallest absolute Gasteiger partial charge is 0.0655 e. The van der Waals surface area contributed by atoms with Crippen LogP contribution in [0.5, 0.6) is 0 Å². The van der Waals surface area contributed by atoms with Crippen molar-refractivity contribution in [1.82, 2.24) is 0 Å². The summed E-state index contributed by atoms with van der Waals surface area (Å²) in [5.74, 6) is -1.19. The summed E-state index contributed by atoms with van der Waals surface area (Å²) in [6.07, 6.45) is 2.66. The highest BCUT2D eigenvalue weighted by Crippen LogP contribution is 2.27. The second kappa shape index (κ2) is 3.38. The Labute approximate surface area is 65.6 Å². The van der Waals surface area contributed by atoms with Gasteiger partial charge in [0, 0.05) is 11.9 Å². The molecule has 0 amide bonds. The van der Waals surface area contributed by atoms with Crippen LogP contribution in [-0.4, -0.2) is 5.97 Å². The maximum atomic E-state index is 10.4. The van der Waals surface area contributed by atoms with E-state index in [9.17, 15) is 9.90 Å². The van der Waals surface area contributed by atoms with Gasteiger partial charge in [0.15, 0.2) is 0 Å². The molecule has 0 aromatic rings. The van der Waals surface area contributed by atoms with Gasteiger partial charge in [0.2, 0.25) is 0 Å². The van der Waals surface area contributed by atoms with Gasteiger partial charge in [-0.1, -0.05) is 0 Å². The molecule has 1 saturated carbocycles. The van der Waals surface area contributed by atoms with Gasteiger partial charge in [0.25, 0.3) is 0 Å². The van der Waals surface area contributed by atoms with Gasteiger partial charge in [-0.05, 0) is 31.6 Å². The zero-order chi connectivity index (χ0) is 8.27. The molecule has 60 valence electrons. The molecule has 0 aromatic carbocycles. The fourth-order valence-corrected chi connectivity index (χ4v) is 1.46. The lowest BCUT2D eigenvalue weighted by Crippen LogP contribution is -2.33. The minimum atomic E-state index is -0.957. The van der Waals surface area contributed by atoms with Crippen LogP contribution >= 0.6 is 0 Å². The third-order valence-corrected chi connectivity index (χ3v) is 2.24. The zero-order valence-electron chi connectivity index (χ0n) is 6.25. The molecule has 0 radical (unpaired) electrons. The fraction of sp³-hybridized carbons (Fsp3) is 0.750. The van der Waals surface area contributed by atoms with Gasteiger partial charge in [-0.15, -0.1) is 0 Å². The minimum Gasteiger partial charge on any atom is -0.550 e. The maximum Gasteiger partial charge on any atom is 0.0655 e. The van der Waals surface area contributed by atoms with E-state index in [1.165, 1.54) is 0 Å². The van der Waals surface area contributed by atoms with Gasteiger partial charge < -0.3 is 9.90 Å². The maximum absolute atomic E-state index is 10.4. The summed E-state index contributed by atoms with van der Waals surface area (Å²) in [7, 11) is 0. The molecule has 11 heavy (non-hydrogen) atoms. The number of carbonyl (C=O) groups excluding carboxylic acids is 1. The quantitative estimate of drug-likeness (QED) is 0.534. The molecule has 0 bridgehead atoms. The van der Waals surface area contributed by atoms with Crippen LogP contribution < -0.4 is 5.11 Å². The summed E-state index contributed by atoms with van der Waals surface area (Å²) in [5.41, 5.74) is 0. The first-order chi connectivity index (χ1) is 5.24. The molecule has 3 nitrogen and oxygen atoms in total. The second-order valence-corrected chi connectivity index (χ2v) is 3.00. The average Bonchev–Trinajstić information content (AvgIpc) is 2.05. The minimum absolute atomic E-state index is 0.0746. The van der Waals surface area contributed by atoms with Crippen LogP contribution in [0.3, 0.4) is 0 Å². The first-order valence-corrected chi connectivity index (χ1v) is 3.84. The van der Waals surface area contributed by atoms with Crippen LogP contribution in [0.25, 0.3) is 0 Å². The van der Waals surface area contributed by atoms with E-state index < -0.39 is 5.97 Å². The first-order valence-electron chi connectivity index (χ1n) is 3.84. The van der Waals surface area contributed by atoms with Gasteiger partial charge in [0.05, 0.1) is 6.07 Å². The van der Waals surface area contributed by atoms with E-state index in [-0.39, 0.29) is 11.8 Å². The molecule has 1 aliphatic carbocycles. The number of carbonyl (C=O) groups is 1. The Morgan fingerprint density at radius 3 is 2.27 bits per heavy atom. The van der Waals surface area contributed by atoms with Crippen molar-refractivity contribution in [1.29, 1.82) is 5.26 Å². The highest BCUT2D eigenvalue weighted by molar-refractivity contribution is 5.67. The lowest BCUT2D eigenvalue weighted by atomic mass is 9.83. The fourth-order valence-electron chi connectivity index (χ4n) is 1.46. The number of rotatable bonds is 1. The van der Waals surface area contributed by atoms with Gasteiger partial charge in [-0.25, -0.2) is 0 Å². The molecule has 0 N–H and O–H groups in total. The normalized spacial score (nSPS) is 30.8. The Morgan fingerprint density at radius 1 is 1.36 bits per heavy atom. The van der Waals surface area contributed by atoms with E-state index in [0.717, 1.165) is 12.8 Å². The molecule has 1 rings (SSSR count). The van der Waals surface area contributed by atoms with Crippen LogP contribution in [0.4, 0.5) is 0 Å². The average molecular weight is 152 g/mol. The van der Waals surface area contributed by atoms with Crippen LogP contribution in [0.15, 0.2) is 0 Å². The summed E-state index contributed by atoms with van der Waals surface area (Å²) in [4.78, 5) is 10.4. The lowest BCUT2D eigenvalue weighted by Gasteiger charge is -2.24. The standard InChI is InChI=1S/C8H11NO2/c9-5-6-1-3-7(4-2-6)8(10)11/h6-7H,1-4H2,(H,10,11)/p-1. The zero-order valence-corrected chi connectivity index (χ0v) is 6.25. The molecule has 1 fully saturated rings. The van der Waals surface area contributed by atoms with Gasteiger partial charge in [-0.3, -0.25) is 0 Å². The third kappa shape index (κ3) is 1.94. The summed E-state index contributed by atoms with van der Waals surface area (Å²) in [6.45, 7) is 0. The van der Waals surface area contributed by atoms with Crippen LogP contribution in [0, 0.1) is 23.2 Å².